The minimum Gasteiger partial charge on any atom is -0.467 e. The molecule has 0 aliphatic carbocycles. The Hall–Kier alpha value is -3.85. The number of carbonyl (C=O) groups excluding carboxylic acids is 2. The fourth-order valence-corrected chi connectivity index (χ4v) is 4.24. The number of methoxy groups -OCH3 is 1. The molecule has 0 fully saturated rings. The number of hydrogen-bond donors (Lipinski definition) is 2. The molecule has 36 heavy (non-hydrogen) atoms. The lowest BCUT2D eigenvalue weighted by atomic mass is 9.93. The molecule has 0 aliphatic rings. The first-order chi connectivity index (χ1) is 17.3. The molecule has 3 aromatic carbocycles. The smallest absolute Gasteiger partial charge is 0.328 e. The molecule has 8 nitrogen and oxygen atoms in total. The average molecular weight is 508 g/mol. The molecule has 188 valence electrons. The summed E-state index contributed by atoms with van der Waals surface area (Å²) in [5.74, 6) is -0.115. The molecular formula is C27H29N3O5S. The number of nitrogens with one attached hydrogen (secondary N) is 2. The van der Waals surface area contributed by atoms with Gasteiger partial charge >= 0.3 is 5.97 Å². The second-order valence-electron chi connectivity index (χ2n) is 8.18. The van der Waals surface area contributed by atoms with Gasteiger partial charge in [0.05, 0.1) is 12.0 Å². The van der Waals surface area contributed by atoms with Gasteiger partial charge in [0, 0.05) is 29.9 Å². The number of esters is 1. The number of hydrogen-bond acceptors (Lipinski definition) is 7. The van der Waals surface area contributed by atoms with Crippen molar-refractivity contribution in [2.75, 3.05) is 24.4 Å². The number of anilines is 1. The highest BCUT2D eigenvalue weighted by Crippen LogP contribution is 2.29. The standard InChI is InChI=1S/C27H29N3O5S/c1-18-6-4-5-7-22(18)24-16-19(17-28-20-9-11-21(12-10-20)30(33)34)8-13-23(24)26(31)29-25(14-15-36-3)27(32)35-2/h4-13,16,25,28H,14-15,17H2,1-3H3,(H,29,31)/t25-/m0/s1. The van der Waals surface area contributed by atoms with E-state index in [0.29, 0.717) is 24.3 Å². The lowest BCUT2D eigenvalue weighted by Crippen LogP contribution is -2.42. The van der Waals surface area contributed by atoms with Crippen LogP contribution in [0.4, 0.5) is 11.4 Å². The van der Waals surface area contributed by atoms with Crippen LogP contribution in [0.25, 0.3) is 11.1 Å². The number of rotatable bonds is 11. The molecule has 0 radical (unpaired) electrons. The first kappa shape index (κ1) is 26.7. The topological polar surface area (TPSA) is 111 Å². The van der Waals surface area contributed by atoms with Crippen molar-refractivity contribution in [3.05, 3.63) is 93.5 Å². The van der Waals surface area contributed by atoms with E-state index in [4.69, 9.17) is 4.74 Å². The van der Waals surface area contributed by atoms with Gasteiger partial charge in [0.25, 0.3) is 11.6 Å². The summed E-state index contributed by atoms with van der Waals surface area (Å²) in [5.41, 5.74) is 4.84. The summed E-state index contributed by atoms with van der Waals surface area (Å²) in [6, 6.07) is 18.8. The first-order valence-electron chi connectivity index (χ1n) is 11.4. The van der Waals surface area contributed by atoms with Crippen LogP contribution in [0.5, 0.6) is 0 Å². The van der Waals surface area contributed by atoms with Gasteiger partial charge in [0.1, 0.15) is 6.04 Å². The van der Waals surface area contributed by atoms with Gasteiger partial charge in [0.15, 0.2) is 0 Å². The van der Waals surface area contributed by atoms with Gasteiger partial charge in [-0.05, 0) is 71.9 Å². The number of nitrogens with zero attached hydrogens (tertiary/aromatic N) is 1. The molecule has 3 rings (SSSR count). The molecule has 0 saturated heterocycles. The monoisotopic (exact) mass is 507 g/mol. The maximum atomic E-state index is 13.3. The van der Waals surface area contributed by atoms with Crippen LogP contribution in [0.2, 0.25) is 0 Å². The first-order valence-corrected chi connectivity index (χ1v) is 12.8. The number of benzene rings is 3. The Labute approximate surface area is 214 Å². The van der Waals surface area contributed by atoms with Crippen molar-refractivity contribution >= 4 is 35.0 Å². The highest BCUT2D eigenvalue weighted by molar-refractivity contribution is 7.98. The maximum Gasteiger partial charge on any atom is 0.328 e. The van der Waals surface area contributed by atoms with Crippen LogP contribution >= 0.6 is 11.8 Å². The summed E-state index contributed by atoms with van der Waals surface area (Å²) in [6.45, 7) is 2.44. The number of carbonyl (C=O) groups is 2. The highest BCUT2D eigenvalue weighted by Gasteiger charge is 2.23. The quantitative estimate of drug-likeness (QED) is 0.208. The molecule has 0 aliphatic heterocycles. The van der Waals surface area contributed by atoms with Crippen molar-refractivity contribution in [3.63, 3.8) is 0 Å². The van der Waals surface area contributed by atoms with Gasteiger partial charge in [0.2, 0.25) is 0 Å². The molecule has 1 amide bonds. The summed E-state index contributed by atoms with van der Waals surface area (Å²) >= 11 is 1.59. The van der Waals surface area contributed by atoms with Gasteiger partial charge in [-0.1, -0.05) is 30.3 Å². The Kier molecular flexibility index (Phi) is 9.46. The zero-order valence-corrected chi connectivity index (χ0v) is 21.3. The van der Waals surface area contributed by atoms with E-state index in [1.165, 1.54) is 19.2 Å². The minimum atomic E-state index is -0.733. The van der Waals surface area contributed by atoms with Crippen molar-refractivity contribution in [1.29, 1.82) is 0 Å². The molecule has 0 heterocycles. The lowest BCUT2D eigenvalue weighted by Gasteiger charge is -2.19. The summed E-state index contributed by atoms with van der Waals surface area (Å²) < 4.78 is 4.89. The van der Waals surface area contributed by atoms with E-state index < -0.39 is 16.9 Å². The predicted molar refractivity (Wildman–Crippen MR) is 143 cm³/mol. The van der Waals surface area contributed by atoms with E-state index in [2.05, 4.69) is 10.6 Å². The summed E-state index contributed by atoms with van der Waals surface area (Å²) in [7, 11) is 1.31. The molecule has 9 heteroatoms. The summed E-state index contributed by atoms with van der Waals surface area (Å²) in [6.07, 6.45) is 2.41. The van der Waals surface area contributed by atoms with E-state index >= 15 is 0 Å². The van der Waals surface area contributed by atoms with Crippen molar-refractivity contribution in [2.45, 2.75) is 25.9 Å². The number of nitro groups is 1. The van der Waals surface area contributed by atoms with Crippen molar-refractivity contribution < 1.29 is 19.2 Å². The van der Waals surface area contributed by atoms with Gasteiger partial charge in [-0.3, -0.25) is 14.9 Å². The van der Waals surface area contributed by atoms with Crippen LogP contribution in [0.15, 0.2) is 66.7 Å². The molecule has 0 unspecified atom stereocenters. The second kappa shape index (κ2) is 12.7. The maximum absolute atomic E-state index is 13.3. The fourth-order valence-electron chi connectivity index (χ4n) is 3.77. The Bertz CT molecular complexity index is 1230. The van der Waals surface area contributed by atoms with Crippen LogP contribution in [-0.2, 0) is 16.1 Å². The number of ether oxygens (including phenoxy) is 1. The third kappa shape index (κ3) is 6.85. The SMILES string of the molecule is COC(=O)[C@H](CCSC)NC(=O)c1ccc(CNc2ccc([N+](=O)[O-])cc2)cc1-c1ccccc1C. The summed E-state index contributed by atoms with van der Waals surface area (Å²) in [5, 5.41) is 17.0. The molecule has 0 bridgehead atoms. The Morgan fingerprint density at radius 1 is 1.06 bits per heavy atom. The van der Waals surface area contributed by atoms with Crippen molar-refractivity contribution in [3.8, 4) is 11.1 Å². The van der Waals surface area contributed by atoms with Crippen LogP contribution in [0, 0.1) is 17.0 Å². The lowest BCUT2D eigenvalue weighted by molar-refractivity contribution is -0.384. The molecule has 0 aromatic heterocycles. The average Bonchev–Trinajstić information content (AvgIpc) is 2.89. The van der Waals surface area contributed by atoms with Gasteiger partial charge < -0.3 is 15.4 Å². The predicted octanol–water partition coefficient (Wildman–Crippen LogP) is 5.21. The van der Waals surface area contributed by atoms with Crippen LogP contribution in [0.1, 0.15) is 27.9 Å². The molecule has 0 spiro atoms. The molecule has 1 atom stereocenters. The molecule has 0 saturated carbocycles. The molecule has 2 N–H and O–H groups in total. The highest BCUT2D eigenvalue weighted by atomic mass is 32.2. The van der Waals surface area contributed by atoms with Crippen molar-refractivity contribution in [1.82, 2.24) is 5.32 Å². The van der Waals surface area contributed by atoms with Gasteiger partial charge in [-0.2, -0.15) is 11.8 Å². The van der Waals surface area contributed by atoms with Gasteiger partial charge in [-0.15, -0.1) is 0 Å². The van der Waals surface area contributed by atoms with E-state index in [0.717, 1.165) is 27.9 Å². The van der Waals surface area contributed by atoms with Crippen LogP contribution in [0.3, 0.4) is 0 Å². The third-order valence-electron chi connectivity index (χ3n) is 5.74. The normalized spacial score (nSPS) is 11.4. The Balaban J connectivity index is 1.89. The molecular weight excluding hydrogens is 478 g/mol. The number of nitro benzene ring substituents is 1. The van der Waals surface area contributed by atoms with E-state index in [1.807, 2.05) is 49.6 Å². The van der Waals surface area contributed by atoms with Crippen molar-refractivity contribution in [2.24, 2.45) is 0 Å². The number of thioether (sulfide) groups is 1. The largest absolute Gasteiger partial charge is 0.467 e. The molecule has 3 aromatic rings. The zero-order valence-electron chi connectivity index (χ0n) is 20.4. The third-order valence-corrected chi connectivity index (χ3v) is 6.38. The Morgan fingerprint density at radius 3 is 2.42 bits per heavy atom. The fraction of sp³-hybridized carbons (Fsp3) is 0.259. The van der Waals surface area contributed by atoms with E-state index in [9.17, 15) is 19.7 Å². The number of aryl methyl sites for hydroxylation is 1. The number of non-ortho nitro benzene ring substituents is 1. The number of amides is 1. The van der Waals surface area contributed by atoms with Gasteiger partial charge in [-0.25, -0.2) is 4.79 Å². The summed E-state index contributed by atoms with van der Waals surface area (Å²) in [4.78, 5) is 36.0. The van der Waals surface area contributed by atoms with E-state index in [1.54, 1.807) is 30.0 Å². The van der Waals surface area contributed by atoms with Crippen LogP contribution in [-0.4, -0.2) is 42.0 Å². The van der Waals surface area contributed by atoms with E-state index in [-0.39, 0.29) is 11.6 Å². The second-order valence-corrected chi connectivity index (χ2v) is 9.17. The zero-order chi connectivity index (χ0) is 26.1. The Morgan fingerprint density at radius 2 is 1.78 bits per heavy atom. The minimum absolute atomic E-state index is 0.0283. The van der Waals surface area contributed by atoms with Crippen LogP contribution < -0.4 is 10.6 Å².